The molecule has 160 valence electrons. The fourth-order valence-corrected chi connectivity index (χ4v) is 4.31. The van der Waals surface area contributed by atoms with E-state index in [1.165, 1.54) is 19.3 Å². The third-order valence-corrected chi connectivity index (χ3v) is 5.92. The first kappa shape index (κ1) is 22.0. The highest BCUT2D eigenvalue weighted by Crippen LogP contribution is 2.32. The number of nitrogens with zero attached hydrogens (tertiary/aromatic N) is 2. The van der Waals surface area contributed by atoms with Crippen molar-refractivity contribution in [1.82, 2.24) is 15.5 Å². The number of rotatable bonds is 4. The van der Waals surface area contributed by atoms with Crippen molar-refractivity contribution in [3.05, 3.63) is 23.8 Å². The molecule has 29 heavy (non-hydrogen) atoms. The van der Waals surface area contributed by atoms with Crippen molar-refractivity contribution in [2.45, 2.75) is 51.1 Å². The molecule has 1 saturated heterocycles. The van der Waals surface area contributed by atoms with Gasteiger partial charge < -0.3 is 25.0 Å². The van der Waals surface area contributed by atoms with Crippen LogP contribution in [0.15, 0.2) is 23.2 Å². The average molecular weight is 514 g/mol. The van der Waals surface area contributed by atoms with E-state index in [0.29, 0.717) is 12.5 Å². The van der Waals surface area contributed by atoms with Crippen LogP contribution in [0.4, 0.5) is 0 Å². The van der Waals surface area contributed by atoms with Gasteiger partial charge in [0.05, 0.1) is 0 Å². The van der Waals surface area contributed by atoms with Crippen LogP contribution in [0.1, 0.15) is 44.1 Å². The van der Waals surface area contributed by atoms with E-state index in [-0.39, 0.29) is 42.7 Å². The number of carbonyl (C=O) groups is 1. The highest BCUT2D eigenvalue weighted by Gasteiger charge is 2.31. The number of hydrogen-bond acceptors (Lipinski definition) is 4. The Morgan fingerprint density at radius 1 is 1.17 bits per heavy atom. The third kappa shape index (κ3) is 5.46. The number of amides is 1. The molecule has 1 unspecified atom stereocenters. The zero-order valence-electron chi connectivity index (χ0n) is 17.0. The molecule has 0 radical (unpaired) electrons. The van der Waals surface area contributed by atoms with Gasteiger partial charge in [0.2, 0.25) is 12.7 Å². The minimum absolute atomic E-state index is 0. The van der Waals surface area contributed by atoms with Crippen molar-refractivity contribution in [2.75, 3.05) is 26.9 Å². The standard InChI is InChI=1S/C21H30N4O3.HI/c1-22-21(23-12-15-7-8-18-19(11-15)28-14-27-18)24-17-9-10-25(13-17)20(26)16-5-3-2-4-6-16;/h7-8,11,16-17H,2-6,9-10,12-14H2,1H3,(H2,22,23,24);1H. The molecular weight excluding hydrogens is 483 g/mol. The molecule has 1 aliphatic carbocycles. The first-order valence-electron chi connectivity index (χ1n) is 10.4. The summed E-state index contributed by atoms with van der Waals surface area (Å²) in [6, 6.07) is 6.19. The van der Waals surface area contributed by atoms with Gasteiger partial charge in [0.1, 0.15) is 0 Å². The van der Waals surface area contributed by atoms with Crippen LogP contribution in [0.5, 0.6) is 11.5 Å². The Morgan fingerprint density at radius 3 is 2.76 bits per heavy atom. The summed E-state index contributed by atoms with van der Waals surface area (Å²) in [6.07, 6.45) is 6.76. The average Bonchev–Trinajstić information content (AvgIpc) is 3.40. The number of benzene rings is 1. The Labute approximate surface area is 189 Å². The van der Waals surface area contributed by atoms with E-state index < -0.39 is 0 Å². The fourth-order valence-electron chi connectivity index (χ4n) is 4.31. The van der Waals surface area contributed by atoms with Crippen molar-refractivity contribution in [3.63, 3.8) is 0 Å². The zero-order chi connectivity index (χ0) is 19.3. The summed E-state index contributed by atoms with van der Waals surface area (Å²) < 4.78 is 10.8. The van der Waals surface area contributed by atoms with Gasteiger partial charge in [-0.3, -0.25) is 9.79 Å². The predicted octanol–water partition coefficient (Wildman–Crippen LogP) is 2.88. The quantitative estimate of drug-likeness (QED) is 0.367. The van der Waals surface area contributed by atoms with Crippen LogP contribution < -0.4 is 20.1 Å². The van der Waals surface area contributed by atoms with Crippen LogP contribution >= 0.6 is 24.0 Å². The number of nitrogens with one attached hydrogen (secondary N) is 2. The van der Waals surface area contributed by atoms with Gasteiger partial charge in [-0.25, -0.2) is 0 Å². The molecule has 2 fully saturated rings. The SMILES string of the molecule is CN=C(NCc1ccc2c(c1)OCO2)NC1CCN(C(=O)C2CCCCC2)C1.I. The lowest BCUT2D eigenvalue weighted by Crippen LogP contribution is -2.45. The summed E-state index contributed by atoms with van der Waals surface area (Å²) in [5, 5.41) is 6.82. The van der Waals surface area contributed by atoms with Crippen molar-refractivity contribution >= 4 is 35.8 Å². The molecule has 0 bridgehead atoms. The van der Waals surface area contributed by atoms with Crippen LogP contribution in [0.2, 0.25) is 0 Å². The summed E-state index contributed by atoms with van der Waals surface area (Å²) in [7, 11) is 1.77. The Hall–Kier alpha value is -1.71. The Bertz CT molecular complexity index is 737. The van der Waals surface area contributed by atoms with Gasteiger partial charge >= 0.3 is 0 Å². The fraction of sp³-hybridized carbons (Fsp3) is 0.619. The van der Waals surface area contributed by atoms with Crippen LogP contribution in [-0.4, -0.2) is 49.7 Å². The maximum atomic E-state index is 12.7. The number of halogens is 1. The largest absolute Gasteiger partial charge is 0.454 e. The van der Waals surface area contributed by atoms with Gasteiger partial charge in [-0.1, -0.05) is 25.3 Å². The molecule has 2 N–H and O–H groups in total. The van der Waals surface area contributed by atoms with Gasteiger partial charge in [-0.2, -0.15) is 0 Å². The maximum absolute atomic E-state index is 12.7. The highest BCUT2D eigenvalue weighted by atomic mass is 127. The number of ether oxygens (including phenoxy) is 2. The number of carbonyl (C=O) groups excluding carboxylic acids is 1. The Balaban J connectivity index is 0.00000240. The van der Waals surface area contributed by atoms with Crippen molar-refractivity contribution in [3.8, 4) is 11.5 Å². The number of hydrogen-bond donors (Lipinski definition) is 2. The number of fused-ring (bicyclic) bond motifs is 1. The van der Waals surface area contributed by atoms with E-state index in [2.05, 4.69) is 15.6 Å². The second-order valence-corrected chi connectivity index (χ2v) is 7.86. The summed E-state index contributed by atoms with van der Waals surface area (Å²) >= 11 is 0. The van der Waals surface area contributed by atoms with E-state index in [4.69, 9.17) is 9.47 Å². The summed E-state index contributed by atoms with van der Waals surface area (Å²) in [6.45, 7) is 2.53. The molecule has 8 heteroatoms. The molecule has 1 aromatic carbocycles. The summed E-state index contributed by atoms with van der Waals surface area (Å²) in [4.78, 5) is 19.1. The van der Waals surface area contributed by atoms with E-state index in [0.717, 1.165) is 55.4 Å². The topological polar surface area (TPSA) is 75.2 Å². The van der Waals surface area contributed by atoms with Gasteiger partial charge in [-0.15, -0.1) is 24.0 Å². The summed E-state index contributed by atoms with van der Waals surface area (Å²) in [5.74, 6) is 2.94. The molecule has 0 spiro atoms. The smallest absolute Gasteiger partial charge is 0.231 e. The lowest BCUT2D eigenvalue weighted by molar-refractivity contribution is -0.135. The predicted molar refractivity (Wildman–Crippen MR) is 123 cm³/mol. The van der Waals surface area contributed by atoms with Gasteiger partial charge in [0.15, 0.2) is 17.5 Å². The zero-order valence-corrected chi connectivity index (χ0v) is 19.3. The molecular formula is C21H31IN4O3. The van der Waals surface area contributed by atoms with Gasteiger partial charge in [0, 0.05) is 38.6 Å². The van der Waals surface area contributed by atoms with Gasteiger partial charge in [-0.05, 0) is 37.0 Å². The highest BCUT2D eigenvalue weighted by molar-refractivity contribution is 14.0. The molecule has 2 heterocycles. The van der Waals surface area contributed by atoms with Crippen molar-refractivity contribution in [1.29, 1.82) is 0 Å². The van der Waals surface area contributed by atoms with Crippen LogP contribution in [0.3, 0.4) is 0 Å². The third-order valence-electron chi connectivity index (χ3n) is 5.92. The molecule has 2 aliphatic heterocycles. The Morgan fingerprint density at radius 2 is 1.97 bits per heavy atom. The minimum atomic E-state index is 0. The number of likely N-dealkylation sites (tertiary alicyclic amines) is 1. The van der Waals surface area contributed by atoms with Crippen LogP contribution in [-0.2, 0) is 11.3 Å². The van der Waals surface area contributed by atoms with E-state index in [1.54, 1.807) is 7.05 Å². The maximum Gasteiger partial charge on any atom is 0.231 e. The summed E-state index contributed by atoms with van der Waals surface area (Å²) in [5.41, 5.74) is 1.10. The van der Waals surface area contributed by atoms with E-state index in [1.807, 2.05) is 23.1 Å². The van der Waals surface area contributed by atoms with E-state index >= 15 is 0 Å². The van der Waals surface area contributed by atoms with Gasteiger partial charge in [0.25, 0.3) is 0 Å². The van der Waals surface area contributed by atoms with Crippen LogP contribution in [0, 0.1) is 5.92 Å². The molecule has 1 saturated carbocycles. The number of guanidine groups is 1. The first-order valence-corrected chi connectivity index (χ1v) is 10.4. The molecule has 1 atom stereocenters. The molecule has 4 rings (SSSR count). The minimum Gasteiger partial charge on any atom is -0.454 e. The second kappa shape index (κ2) is 10.4. The normalized spacial score (nSPS) is 21.6. The molecule has 7 nitrogen and oxygen atoms in total. The van der Waals surface area contributed by atoms with Crippen LogP contribution in [0.25, 0.3) is 0 Å². The number of aliphatic imine (C=N–C) groups is 1. The van der Waals surface area contributed by atoms with E-state index in [9.17, 15) is 4.79 Å². The molecule has 3 aliphatic rings. The molecule has 0 aromatic heterocycles. The van der Waals surface area contributed by atoms with Crippen molar-refractivity contribution in [2.24, 2.45) is 10.9 Å². The molecule has 1 amide bonds. The second-order valence-electron chi connectivity index (χ2n) is 7.86. The Kier molecular flexibility index (Phi) is 7.85. The first-order chi connectivity index (χ1) is 13.7. The van der Waals surface area contributed by atoms with Crippen molar-refractivity contribution < 1.29 is 14.3 Å². The lowest BCUT2D eigenvalue weighted by atomic mass is 9.88. The monoisotopic (exact) mass is 514 g/mol. The molecule has 1 aromatic rings. The lowest BCUT2D eigenvalue weighted by Gasteiger charge is -2.26.